The van der Waals surface area contributed by atoms with Gasteiger partial charge >= 0.3 is 0 Å². The summed E-state index contributed by atoms with van der Waals surface area (Å²) >= 11 is 1.71. The number of ether oxygens (including phenoxy) is 1. The van der Waals surface area contributed by atoms with Crippen molar-refractivity contribution in [2.45, 2.75) is 31.3 Å². The van der Waals surface area contributed by atoms with Crippen molar-refractivity contribution in [2.75, 3.05) is 6.26 Å². The summed E-state index contributed by atoms with van der Waals surface area (Å²) < 4.78 is 5.80. The van der Waals surface area contributed by atoms with Gasteiger partial charge in [0.25, 0.3) is 0 Å². The molecule has 1 aromatic rings. The largest absolute Gasteiger partial charge is 0.487 e. The highest BCUT2D eigenvalue weighted by atomic mass is 32.2. The van der Waals surface area contributed by atoms with Gasteiger partial charge in [-0.2, -0.15) is 0 Å². The van der Waals surface area contributed by atoms with E-state index < -0.39 is 0 Å². The number of hydrogen-bond acceptors (Lipinski definition) is 2. The van der Waals surface area contributed by atoms with E-state index in [2.05, 4.69) is 33.1 Å². The molecule has 0 heterocycles. The zero-order valence-electron chi connectivity index (χ0n) is 8.63. The van der Waals surface area contributed by atoms with Crippen LogP contribution in [0, 0.1) is 0 Å². The predicted molar refractivity (Wildman–Crippen MR) is 58.6 cm³/mol. The Morgan fingerprint density at radius 1 is 1.15 bits per heavy atom. The molecule has 0 N–H and O–H groups in total. The molecule has 1 rings (SSSR count). The molecule has 0 bridgehead atoms. The highest BCUT2D eigenvalue weighted by Gasteiger charge is 2.13. The minimum absolute atomic E-state index is 0.119. The number of benzene rings is 1. The van der Waals surface area contributed by atoms with E-state index in [0.29, 0.717) is 0 Å². The third kappa shape index (κ3) is 3.31. The summed E-state index contributed by atoms with van der Waals surface area (Å²) in [6.45, 7) is 6.18. The zero-order valence-corrected chi connectivity index (χ0v) is 9.44. The molecule has 0 amide bonds. The van der Waals surface area contributed by atoms with Crippen molar-refractivity contribution < 1.29 is 4.74 Å². The maximum Gasteiger partial charge on any atom is 0.133 e. The van der Waals surface area contributed by atoms with E-state index in [1.807, 2.05) is 18.2 Å². The molecule has 0 saturated heterocycles. The van der Waals surface area contributed by atoms with Gasteiger partial charge in [-0.3, -0.25) is 0 Å². The van der Waals surface area contributed by atoms with E-state index in [4.69, 9.17) is 4.74 Å². The zero-order chi connectivity index (χ0) is 9.90. The molecule has 13 heavy (non-hydrogen) atoms. The molecule has 0 radical (unpaired) electrons. The lowest BCUT2D eigenvalue weighted by atomic mass is 10.2. The summed E-state index contributed by atoms with van der Waals surface area (Å²) in [6, 6.07) is 8.12. The van der Waals surface area contributed by atoms with Crippen molar-refractivity contribution in [3.8, 4) is 5.75 Å². The Morgan fingerprint density at radius 2 is 1.77 bits per heavy atom. The minimum atomic E-state index is -0.119. The maximum atomic E-state index is 5.80. The summed E-state index contributed by atoms with van der Waals surface area (Å²) in [5, 5.41) is 0. The van der Waals surface area contributed by atoms with Crippen LogP contribution in [-0.2, 0) is 0 Å². The Labute approximate surface area is 84.5 Å². The Morgan fingerprint density at radius 3 is 2.31 bits per heavy atom. The number of para-hydroxylation sites is 1. The summed E-state index contributed by atoms with van der Waals surface area (Å²) in [7, 11) is 0. The van der Waals surface area contributed by atoms with E-state index in [1.54, 1.807) is 11.8 Å². The first-order chi connectivity index (χ1) is 6.03. The van der Waals surface area contributed by atoms with Gasteiger partial charge in [0.05, 0.1) is 0 Å². The van der Waals surface area contributed by atoms with Crippen LogP contribution in [-0.4, -0.2) is 11.9 Å². The molecular formula is C11H16OS. The molecule has 0 saturated carbocycles. The van der Waals surface area contributed by atoms with E-state index in [0.717, 1.165) is 5.75 Å². The highest BCUT2D eigenvalue weighted by molar-refractivity contribution is 7.98. The summed E-state index contributed by atoms with van der Waals surface area (Å²) in [4.78, 5) is 1.19. The molecular weight excluding hydrogens is 180 g/mol. The van der Waals surface area contributed by atoms with Crippen LogP contribution in [0.2, 0.25) is 0 Å². The van der Waals surface area contributed by atoms with Crippen LogP contribution in [0.15, 0.2) is 29.2 Å². The molecule has 72 valence electrons. The molecule has 1 nitrogen and oxygen atoms in total. The second kappa shape index (κ2) is 4.05. The van der Waals surface area contributed by atoms with Crippen LogP contribution in [0.5, 0.6) is 5.75 Å². The molecule has 0 aromatic heterocycles. The number of rotatable bonds is 2. The van der Waals surface area contributed by atoms with Gasteiger partial charge < -0.3 is 4.74 Å². The summed E-state index contributed by atoms with van der Waals surface area (Å²) in [6.07, 6.45) is 2.06. The lowest BCUT2D eigenvalue weighted by Gasteiger charge is -2.22. The van der Waals surface area contributed by atoms with Gasteiger partial charge in [-0.1, -0.05) is 12.1 Å². The highest BCUT2D eigenvalue weighted by Crippen LogP contribution is 2.29. The van der Waals surface area contributed by atoms with Crippen LogP contribution < -0.4 is 4.74 Å². The number of hydrogen-bond donors (Lipinski definition) is 0. The standard InChI is InChI=1S/C11H16OS/c1-11(2,3)12-9-7-5-6-8-10(9)13-4/h5-8H,1-4H3. The molecule has 0 aliphatic rings. The van der Waals surface area contributed by atoms with Gasteiger partial charge in [-0.15, -0.1) is 11.8 Å². The van der Waals surface area contributed by atoms with Crippen LogP contribution in [0.3, 0.4) is 0 Å². The molecule has 1 aromatic carbocycles. The fraction of sp³-hybridized carbons (Fsp3) is 0.455. The van der Waals surface area contributed by atoms with Gasteiger partial charge in [0.1, 0.15) is 11.4 Å². The van der Waals surface area contributed by atoms with Gasteiger partial charge in [0, 0.05) is 4.90 Å². The molecule has 0 spiro atoms. The maximum absolute atomic E-state index is 5.80. The molecule has 0 fully saturated rings. The van der Waals surface area contributed by atoms with Gasteiger partial charge in [0.2, 0.25) is 0 Å². The first-order valence-corrected chi connectivity index (χ1v) is 5.57. The lowest BCUT2D eigenvalue weighted by Crippen LogP contribution is -2.23. The first-order valence-electron chi connectivity index (χ1n) is 4.35. The van der Waals surface area contributed by atoms with Crippen molar-refractivity contribution in [1.82, 2.24) is 0 Å². The third-order valence-corrected chi connectivity index (χ3v) is 2.26. The predicted octanol–water partition coefficient (Wildman–Crippen LogP) is 3.59. The normalized spacial score (nSPS) is 11.4. The van der Waals surface area contributed by atoms with Crippen LogP contribution in [0.25, 0.3) is 0 Å². The molecule has 0 aliphatic heterocycles. The fourth-order valence-corrected chi connectivity index (χ4v) is 1.56. The van der Waals surface area contributed by atoms with Gasteiger partial charge in [-0.05, 0) is 39.2 Å². The second-order valence-corrected chi connectivity index (χ2v) is 4.71. The van der Waals surface area contributed by atoms with Gasteiger partial charge in [-0.25, -0.2) is 0 Å². The first kappa shape index (κ1) is 10.5. The third-order valence-electron chi connectivity index (χ3n) is 1.49. The lowest BCUT2D eigenvalue weighted by molar-refractivity contribution is 0.127. The van der Waals surface area contributed by atoms with E-state index in [1.165, 1.54) is 4.90 Å². The van der Waals surface area contributed by atoms with E-state index >= 15 is 0 Å². The molecule has 0 atom stereocenters. The van der Waals surface area contributed by atoms with Crippen molar-refractivity contribution in [2.24, 2.45) is 0 Å². The quantitative estimate of drug-likeness (QED) is 0.669. The monoisotopic (exact) mass is 196 g/mol. The number of thioether (sulfide) groups is 1. The SMILES string of the molecule is CSc1ccccc1OC(C)(C)C. The Hall–Kier alpha value is -0.630. The van der Waals surface area contributed by atoms with E-state index in [9.17, 15) is 0 Å². The van der Waals surface area contributed by atoms with Crippen molar-refractivity contribution in [1.29, 1.82) is 0 Å². The van der Waals surface area contributed by atoms with E-state index in [-0.39, 0.29) is 5.60 Å². The average molecular weight is 196 g/mol. The average Bonchev–Trinajstić information content (AvgIpc) is 2.02. The molecule has 0 aliphatic carbocycles. The molecule has 2 heteroatoms. The minimum Gasteiger partial charge on any atom is -0.487 e. The molecule has 0 unspecified atom stereocenters. The van der Waals surface area contributed by atoms with Crippen molar-refractivity contribution in [3.05, 3.63) is 24.3 Å². The van der Waals surface area contributed by atoms with Crippen LogP contribution >= 0.6 is 11.8 Å². The van der Waals surface area contributed by atoms with Crippen LogP contribution in [0.1, 0.15) is 20.8 Å². The van der Waals surface area contributed by atoms with Gasteiger partial charge in [0.15, 0.2) is 0 Å². The summed E-state index contributed by atoms with van der Waals surface area (Å²) in [5.41, 5.74) is -0.119. The van der Waals surface area contributed by atoms with Crippen molar-refractivity contribution >= 4 is 11.8 Å². The second-order valence-electron chi connectivity index (χ2n) is 3.87. The summed E-state index contributed by atoms with van der Waals surface area (Å²) in [5.74, 6) is 0.975. The topological polar surface area (TPSA) is 9.23 Å². The Balaban J connectivity index is 2.87. The van der Waals surface area contributed by atoms with Crippen LogP contribution in [0.4, 0.5) is 0 Å². The fourth-order valence-electron chi connectivity index (χ4n) is 1.03. The Kier molecular flexibility index (Phi) is 3.26. The smallest absolute Gasteiger partial charge is 0.133 e. The van der Waals surface area contributed by atoms with Crippen molar-refractivity contribution in [3.63, 3.8) is 0 Å². The Bertz CT molecular complexity index is 276.